The zero-order valence-electron chi connectivity index (χ0n) is 14.2. The van der Waals surface area contributed by atoms with Crippen molar-refractivity contribution in [2.75, 3.05) is 5.32 Å². The molecule has 132 valence electrons. The van der Waals surface area contributed by atoms with Gasteiger partial charge in [0.2, 0.25) is 0 Å². The highest BCUT2D eigenvalue weighted by Crippen LogP contribution is 2.11. The number of nitriles is 1. The predicted octanol–water partition coefficient (Wildman–Crippen LogP) is 2.53. The third-order valence-electron chi connectivity index (χ3n) is 3.70. The summed E-state index contributed by atoms with van der Waals surface area (Å²) >= 11 is 0. The Morgan fingerprint density at radius 3 is 2.56 bits per heavy atom. The van der Waals surface area contributed by atoms with Gasteiger partial charge in [-0.05, 0) is 48.0 Å². The summed E-state index contributed by atoms with van der Waals surface area (Å²) < 4.78 is 0. The molecule has 0 aliphatic carbocycles. The highest BCUT2D eigenvalue weighted by atomic mass is 16.2. The minimum Gasteiger partial charge on any atom is -0.348 e. The van der Waals surface area contributed by atoms with E-state index in [0.717, 1.165) is 5.56 Å². The van der Waals surface area contributed by atoms with E-state index in [1.165, 1.54) is 18.3 Å². The summed E-state index contributed by atoms with van der Waals surface area (Å²) in [6, 6.07) is 15.1. The Morgan fingerprint density at radius 1 is 1.04 bits per heavy atom. The lowest BCUT2D eigenvalue weighted by Gasteiger charge is -2.07. The van der Waals surface area contributed by atoms with Gasteiger partial charge in [-0.25, -0.2) is 0 Å². The maximum atomic E-state index is 12.3. The molecule has 1 aromatic carbocycles. The minimum atomic E-state index is -0.443. The van der Waals surface area contributed by atoms with Crippen molar-refractivity contribution in [2.24, 2.45) is 0 Å². The van der Waals surface area contributed by atoms with Crippen LogP contribution in [0.4, 0.5) is 5.69 Å². The minimum absolute atomic E-state index is 0.119. The molecule has 3 rings (SSSR count). The molecule has 0 spiro atoms. The molecular weight excluding hydrogens is 342 g/mol. The number of rotatable bonds is 5. The van der Waals surface area contributed by atoms with Crippen molar-refractivity contribution >= 4 is 17.5 Å². The Bertz CT molecular complexity index is 995. The summed E-state index contributed by atoms with van der Waals surface area (Å²) in [6.45, 7) is 0.335. The molecule has 2 heterocycles. The Morgan fingerprint density at radius 2 is 1.85 bits per heavy atom. The highest BCUT2D eigenvalue weighted by molar-refractivity contribution is 6.04. The van der Waals surface area contributed by atoms with Gasteiger partial charge in [0.05, 0.1) is 11.6 Å². The number of pyridine rings is 2. The van der Waals surface area contributed by atoms with Crippen molar-refractivity contribution < 1.29 is 9.59 Å². The quantitative estimate of drug-likeness (QED) is 0.729. The molecule has 0 bridgehead atoms. The topological polar surface area (TPSA) is 108 Å². The summed E-state index contributed by atoms with van der Waals surface area (Å²) in [7, 11) is 0. The second-order valence-corrected chi connectivity index (χ2v) is 5.62. The second kappa shape index (κ2) is 8.36. The van der Waals surface area contributed by atoms with E-state index >= 15 is 0 Å². The van der Waals surface area contributed by atoms with E-state index in [9.17, 15) is 9.59 Å². The SMILES string of the molecule is N#Cc1ccc(NC(=O)c2cc(C(=O)NCc3cccnc3)ccn2)cc1. The van der Waals surface area contributed by atoms with E-state index in [2.05, 4.69) is 20.6 Å². The highest BCUT2D eigenvalue weighted by Gasteiger charge is 2.12. The van der Waals surface area contributed by atoms with Crippen LogP contribution in [0.3, 0.4) is 0 Å². The van der Waals surface area contributed by atoms with Crippen molar-refractivity contribution in [1.82, 2.24) is 15.3 Å². The first-order valence-electron chi connectivity index (χ1n) is 8.10. The fourth-order valence-electron chi connectivity index (χ4n) is 2.31. The van der Waals surface area contributed by atoms with Crippen LogP contribution in [0.1, 0.15) is 32.0 Å². The summed E-state index contributed by atoms with van der Waals surface area (Å²) in [5.74, 6) is -0.754. The third-order valence-corrected chi connectivity index (χ3v) is 3.70. The zero-order chi connectivity index (χ0) is 19.1. The fraction of sp³-hybridized carbons (Fsp3) is 0.0500. The molecule has 0 saturated carbocycles. The number of carbonyl (C=O) groups is 2. The molecule has 0 atom stereocenters. The van der Waals surface area contributed by atoms with Crippen molar-refractivity contribution in [1.29, 1.82) is 5.26 Å². The van der Waals surface area contributed by atoms with Crippen LogP contribution in [0.25, 0.3) is 0 Å². The zero-order valence-corrected chi connectivity index (χ0v) is 14.2. The molecule has 3 aromatic rings. The van der Waals surface area contributed by atoms with E-state index in [1.807, 2.05) is 12.1 Å². The lowest BCUT2D eigenvalue weighted by atomic mass is 10.2. The lowest BCUT2D eigenvalue weighted by molar-refractivity contribution is 0.0950. The molecule has 0 radical (unpaired) electrons. The number of anilines is 1. The number of carbonyl (C=O) groups excluding carboxylic acids is 2. The number of amides is 2. The van der Waals surface area contributed by atoms with Gasteiger partial charge in [0.1, 0.15) is 5.69 Å². The number of hydrogen-bond acceptors (Lipinski definition) is 5. The van der Waals surface area contributed by atoms with Gasteiger partial charge in [0.25, 0.3) is 11.8 Å². The van der Waals surface area contributed by atoms with Gasteiger partial charge in [-0.3, -0.25) is 19.6 Å². The van der Waals surface area contributed by atoms with Crippen molar-refractivity contribution in [3.8, 4) is 6.07 Å². The van der Waals surface area contributed by atoms with Crippen LogP contribution in [0.15, 0.2) is 67.1 Å². The molecule has 2 amide bonds. The van der Waals surface area contributed by atoms with Crippen molar-refractivity contribution in [2.45, 2.75) is 6.54 Å². The van der Waals surface area contributed by atoms with E-state index < -0.39 is 5.91 Å². The summed E-state index contributed by atoms with van der Waals surface area (Å²) in [4.78, 5) is 32.7. The number of hydrogen-bond donors (Lipinski definition) is 2. The molecule has 0 fully saturated rings. The predicted molar refractivity (Wildman–Crippen MR) is 98.8 cm³/mol. The van der Waals surface area contributed by atoms with Crippen LogP contribution in [-0.4, -0.2) is 21.8 Å². The van der Waals surface area contributed by atoms with Crippen LogP contribution >= 0.6 is 0 Å². The first kappa shape index (κ1) is 17.8. The van der Waals surface area contributed by atoms with E-state index in [4.69, 9.17) is 5.26 Å². The van der Waals surface area contributed by atoms with Gasteiger partial charge in [-0.1, -0.05) is 6.07 Å². The van der Waals surface area contributed by atoms with E-state index in [1.54, 1.807) is 42.7 Å². The molecule has 2 N–H and O–H groups in total. The number of aromatic nitrogens is 2. The Kier molecular flexibility index (Phi) is 5.50. The van der Waals surface area contributed by atoms with E-state index in [-0.39, 0.29) is 11.6 Å². The fourth-order valence-corrected chi connectivity index (χ4v) is 2.31. The third kappa shape index (κ3) is 4.74. The maximum Gasteiger partial charge on any atom is 0.274 e. The van der Waals surface area contributed by atoms with Crippen LogP contribution in [0.5, 0.6) is 0 Å². The summed E-state index contributed by atoms with van der Waals surface area (Å²) in [5.41, 5.74) is 2.36. The van der Waals surface area contributed by atoms with Crippen molar-refractivity contribution in [3.63, 3.8) is 0 Å². The van der Waals surface area contributed by atoms with Crippen LogP contribution < -0.4 is 10.6 Å². The second-order valence-electron chi connectivity index (χ2n) is 5.62. The molecule has 0 aliphatic rings. The van der Waals surface area contributed by atoms with Gasteiger partial charge < -0.3 is 10.6 Å². The van der Waals surface area contributed by atoms with Crippen LogP contribution in [0.2, 0.25) is 0 Å². The standard InChI is InChI=1S/C20H15N5O2/c21-11-14-3-5-17(6-4-14)25-20(27)18-10-16(7-9-23-18)19(26)24-13-15-2-1-8-22-12-15/h1-10,12H,13H2,(H,24,26)(H,25,27). The normalized spacial score (nSPS) is 9.89. The van der Waals surface area contributed by atoms with Crippen LogP contribution in [-0.2, 0) is 6.54 Å². The average molecular weight is 357 g/mol. The first-order valence-corrected chi connectivity index (χ1v) is 8.10. The largest absolute Gasteiger partial charge is 0.348 e. The van der Waals surface area contributed by atoms with E-state index in [0.29, 0.717) is 23.4 Å². The molecule has 0 unspecified atom stereocenters. The Hall–Kier alpha value is -4.05. The molecule has 7 nitrogen and oxygen atoms in total. The molecular formula is C20H15N5O2. The van der Waals surface area contributed by atoms with Gasteiger partial charge in [-0.2, -0.15) is 5.26 Å². The lowest BCUT2D eigenvalue weighted by Crippen LogP contribution is -2.23. The molecule has 7 heteroatoms. The molecule has 0 saturated heterocycles. The molecule has 0 aliphatic heterocycles. The number of benzene rings is 1. The van der Waals surface area contributed by atoms with Crippen molar-refractivity contribution in [3.05, 3.63) is 89.5 Å². The number of nitrogens with one attached hydrogen (secondary N) is 2. The number of nitrogens with zero attached hydrogens (tertiary/aromatic N) is 3. The molecule has 2 aromatic heterocycles. The average Bonchev–Trinajstić information content (AvgIpc) is 2.73. The summed E-state index contributed by atoms with van der Waals surface area (Å²) in [5, 5.41) is 14.3. The Labute approximate surface area is 155 Å². The maximum absolute atomic E-state index is 12.3. The Balaban J connectivity index is 1.65. The smallest absolute Gasteiger partial charge is 0.274 e. The van der Waals surface area contributed by atoms with Gasteiger partial charge in [0.15, 0.2) is 0 Å². The van der Waals surface area contributed by atoms with Gasteiger partial charge >= 0.3 is 0 Å². The first-order chi connectivity index (χ1) is 13.2. The summed E-state index contributed by atoms with van der Waals surface area (Å²) in [6.07, 6.45) is 4.74. The van der Waals surface area contributed by atoms with Gasteiger partial charge in [-0.15, -0.1) is 0 Å². The van der Waals surface area contributed by atoms with Gasteiger partial charge in [0, 0.05) is 36.4 Å². The monoisotopic (exact) mass is 357 g/mol. The molecule has 27 heavy (non-hydrogen) atoms. The van der Waals surface area contributed by atoms with Crippen LogP contribution in [0, 0.1) is 11.3 Å².